The molecule has 0 radical (unpaired) electrons. The Hall–Kier alpha value is -2.12. The van der Waals surface area contributed by atoms with Gasteiger partial charge < -0.3 is 15.8 Å². The first-order chi connectivity index (χ1) is 11.1. The van der Waals surface area contributed by atoms with E-state index in [0.717, 1.165) is 11.3 Å². The molecule has 3 N–H and O–H groups in total. The number of amides is 1. The van der Waals surface area contributed by atoms with Crippen molar-refractivity contribution >= 4 is 46.4 Å². The average Bonchev–Trinajstić information content (AvgIpc) is 2.96. The fourth-order valence-corrected chi connectivity index (χ4v) is 2.74. The lowest BCUT2D eigenvalue weighted by molar-refractivity contribution is -0.140. The van der Waals surface area contributed by atoms with E-state index in [2.05, 4.69) is 15.0 Å². The van der Waals surface area contributed by atoms with Crippen molar-refractivity contribution in [2.24, 2.45) is 0 Å². The summed E-state index contributed by atoms with van der Waals surface area (Å²) in [4.78, 5) is 27.4. The van der Waals surface area contributed by atoms with Gasteiger partial charge in [0.1, 0.15) is 0 Å². The van der Waals surface area contributed by atoms with E-state index >= 15 is 0 Å². The molecule has 1 heterocycles. The van der Waals surface area contributed by atoms with Crippen molar-refractivity contribution in [1.82, 2.24) is 4.98 Å². The molecule has 0 aliphatic heterocycles. The Kier molecular flexibility index (Phi) is 8.21. The molecule has 8 heteroatoms. The van der Waals surface area contributed by atoms with Crippen molar-refractivity contribution in [3.63, 3.8) is 0 Å². The zero-order valence-corrected chi connectivity index (χ0v) is 14.9. The third-order valence-corrected chi connectivity index (χ3v) is 3.99. The van der Waals surface area contributed by atoms with Gasteiger partial charge in [-0.25, -0.2) is 4.98 Å². The molecule has 6 nitrogen and oxygen atoms in total. The van der Waals surface area contributed by atoms with Crippen LogP contribution >= 0.6 is 23.7 Å². The Balaban J connectivity index is 0.00000288. The van der Waals surface area contributed by atoms with Gasteiger partial charge in [-0.2, -0.15) is 0 Å². The van der Waals surface area contributed by atoms with Crippen LogP contribution in [0.25, 0.3) is 0 Å². The number of rotatable bonds is 7. The summed E-state index contributed by atoms with van der Waals surface area (Å²) in [6, 6.07) is 7.20. The number of thiazole rings is 1. The summed E-state index contributed by atoms with van der Waals surface area (Å²) >= 11 is 1.38. The normalized spacial score (nSPS) is 9.88. The van der Waals surface area contributed by atoms with E-state index in [4.69, 9.17) is 5.73 Å². The Morgan fingerprint density at radius 1 is 1.29 bits per heavy atom. The van der Waals surface area contributed by atoms with Crippen LogP contribution in [-0.2, 0) is 27.2 Å². The quantitative estimate of drug-likeness (QED) is 0.578. The number of esters is 1. The topological polar surface area (TPSA) is 94.3 Å². The smallest absolute Gasteiger partial charge is 0.305 e. The maximum atomic E-state index is 12.0. The lowest BCUT2D eigenvalue weighted by Gasteiger charge is -2.02. The predicted octanol–water partition coefficient (Wildman–Crippen LogP) is 2.82. The number of nitrogen functional groups attached to an aromatic ring is 1. The van der Waals surface area contributed by atoms with E-state index in [1.807, 2.05) is 17.5 Å². The highest BCUT2D eigenvalue weighted by Crippen LogP contribution is 2.17. The molecule has 2 aromatic rings. The zero-order valence-electron chi connectivity index (χ0n) is 13.3. The van der Waals surface area contributed by atoms with Crippen molar-refractivity contribution in [2.45, 2.75) is 25.7 Å². The molecule has 1 amide bonds. The third kappa shape index (κ3) is 6.55. The molecule has 0 atom stereocenters. The average molecular weight is 370 g/mol. The van der Waals surface area contributed by atoms with Gasteiger partial charge >= 0.3 is 5.97 Å². The minimum Gasteiger partial charge on any atom is -0.469 e. The van der Waals surface area contributed by atoms with Gasteiger partial charge in [0.05, 0.1) is 19.2 Å². The largest absolute Gasteiger partial charge is 0.469 e. The number of aromatic nitrogens is 1. The minimum absolute atomic E-state index is 0. The van der Waals surface area contributed by atoms with Crippen molar-refractivity contribution in [2.75, 3.05) is 18.2 Å². The number of benzene rings is 1. The van der Waals surface area contributed by atoms with E-state index in [1.54, 1.807) is 12.1 Å². The predicted molar refractivity (Wildman–Crippen MR) is 97.5 cm³/mol. The van der Waals surface area contributed by atoms with Crippen LogP contribution in [0.2, 0.25) is 0 Å². The van der Waals surface area contributed by atoms with E-state index in [9.17, 15) is 9.59 Å². The van der Waals surface area contributed by atoms with Gasteiger partial charge in [0.15, 0.2) is 5.13 Å². The second-order valence-corrected chi connectivity index (χ2v) is 5.90. The summed E-state index contributed by atoms with van der Waals surface area (Å²) in [5.41, 5.74) is 8.04. The van der Waals surface area contributed by atoms with Crippen LogP contribution in [0.3, 0.4) is 0 Å². The molecule has 0 saturated carbocycles. The molecule has 1 aromatic heterocycles. The number of ether oxygens (including phenoxy) is 1. The van der Waals surface area contributed by atoms with Gasteiger partial charge in [-0.15, -0.1) is 23.7 Å². The Morgan fingerprint density at radius 3 is 2.67 bits per heavy atom. The molecule has 0 aliphatic rings. The van der Waals surface area contributed by atoms with Crippen molar-refractivity contribution in [1.29, 1.82) is 0 Å². The van der Waals surface area contributed by atoms with E-state index < -0.39 is 0 Å². The van der Waals surface area contributed by atoms with Gasteiger partial charge in [0, 0.05) is 17.5 Å². The first kappa shape index (κ1) is 19.9. The number of hydrogen-bond acceptors (Lipinski definition) is 6. The van der Waals surface area contributed by atoms with E-state index in [1.165, 1.54) is 18.4 Å². The van der Waals surface area contributed by atoms with Gasteiger partial charge in [0.2, 0.25) is 5.91 Å². The monoisotopic (exact) mass is 369 g/mol. The highest BCUT2D eigenvalue weighted by molar-refractivity contribution is 7.13. The van der Waals surface area contributed by atoms with Crippen LogP contribution < -0.4 is 11.1 Å². The number of carbonyl (C=O) groups is 2. The van der Waals surface area contributed by atoms with Crippen molar-refractivity contribution in [3.05, 3.63) is 40.9 Å². The summed E-state index contributed by atoms with van der Waals surface area (Å²) < 4.78 is 4.59. The molecular formula is C16H20ClN3O3S. The molecule has 0 saturated heterocycles. The maximum absolute atomic E-state index is 12.0. The van der Waals surface area contributed by atoms with Crippen LogP contribution in [0.5, 0.6) is 0 Å². The summed E-state index contributed by atoms with van der Waals surface area (Å²) in [7, 11) is 1.37. The molecule has 24 heavy (non-hydrogen) atoms. The molecule has 0 unspecified atom stereocenters. The molecule has 2 rings (SSSR count). The van der Waals surface area contributed by atoms with Crippen LogP contribution in [0.1, 0.15) is 24.1 Å². The molecule has 0 aliphatic carbocycles. The first-order valence-corrected chi connectivity index (χ1v) is 8.10. The number of hydrogen-bond donors (Lipinski definition) is 2. The summed E-state index contributed by atoms with van der Waals surface area (Å²) in [6.45, 7) is 0. The van der Waals surface area contributed by atoms with Crippen molar-refractivity contribution in [3.8, 4) is 0 Å². The summed E-state index contributed by atoms with van der Waals surface area (Å²) in [5.74, 6) is -0.345. The molecule has 0 bridgehead atoms. The van der Waals surface area contributed by atoms with Crippen molar-refractivity contribution < 1.29 is 14.3 Å². The molecular weight excluding hydrogens is 350 g/mol. The Labute approximate surface area is 150 Å². The molecule has 0 spiro atoms. The van der Waals surface area contributed by atoms with Gasteiger partial charge in [0.25, 0.3) is 0 Å². The fourth-order valence-electron chi connectivity index (χ4n) is 1.98. The van der Waals surface area contributed by atoms with E-state index in [0.29, 0.717) is 30.1 Å². The molecule has 0 fully saturated rings. The number of methoxy groups -OCH3 is 1. The Bertz CT molecular complexity index is 673. The van der Waals surface area contributed by atoms with Gasteiger partial charge in [-0.05, 0) is 30.5 Å². The second-order valence-electron chi connectivity index (χ2n) is 5.04. The van der Waals surface area contributed by atoms with Crippen LogP contribution in [0.4, 0.5) is 10.8 Å². The maximum Gasteiger partial charge on any atom is 0.305 e. The Morgan fingerprint density at radius 2 is 2.00 bits per heavy atom. The zero-order chi connectivity index (χ0) is 16.7. The highest BCUT2D eigenvalue weighted by atomic mass is 35.5. The minimum atomic E-state index is -0.225. The number of nitrogens with zero attached hydrogens (tertiary/aromatic N) is 1. The number of halogens is 1. The number of aryl methyl sites for hydroxylation is 1. The lowest BCUT2D eigenvalue weighted by Crippen LogP contribution is -2.14. The second kappa shape index (κ2) is 9.89. The molecule has 1 aromatic carbocycles. The van der Waals surface area contributed by atoms with Crippen LogP contribution in [0.15, 0.2) is 29.6 Å². The standard InChI is InChI=1S/C16H19N3O3S.ClH/c1-22-15(21)4-2-3-13-10-23-16(18-13)19-14(20)9-11-5-7-12(17)8-6-11;/h5-8,10H,2-4,9,17H2,1H3,(H,18,19,20);1H. The number of carbonyl (C=O) groups excluding carboxylic acids is 2. The fraction of sp³-hybridized carbons (Fsp3) is 0.312. The van der Waals surface area contributed by atoms with E-state index in [-0.39, 0.29) is 30.7 Å². The first-order valence-electron chi connectivity index (χ1n) is 7.22. The third-order valence-electron chi connectivity index (χ3n) is 3.18. The number of anilines is 2. The van der Waals surface area contributed by atoms with Crippen LogP contribution in [0, 0.1) is 0 Å². The summed E-state index contributed by atoms with van der Waals surface area (Å²) in [6.07, 6.45) is 2.00. The van der Waals surface area contributed by atoms with Gasteiger partial charge in [-0.3, -0.25) is 9.59 Å². The van der Waals surface area contributed by atoms with Crippen LogP contribution in [-0.4, -0.2) is 24.0 Å². The summed E-state index contributed by atoms with van der Waals surface area (Å²) in [5, 5.41) is 5.23. The number of nitrogens with one attached hydrogen (secondary N) is 1. The molecule has 130 valence electrons. The SMILES string of the molecule is COC(=O)CCCc1csc(NC(=O)Cc2ccc(N)cc2)n1.Cl. The highest BCUT2D eigenvalue weighted by Gasteiger charge is 2.08. The van der Waals surface area contributed by atoms with Gasteiger partial charge in [-0.1, -0.05) is 12.1 Å². The lowest BCUT2D eigenvalue weighted by atomic mass is 10.1. The number of nitrogens with two attached hydrogens (primary N) is 1.